The number of nitrogens with one attached hydrogen (secondary N) is 1. The monoisotopic (exact) mass is 324 g/mol. The highest BCUT2D eigenvalue weighted by Crippen LogP contribution is 2.37. The van der Waals surface area contributed by atoms with Crippen molar-refractivity contribution in [1.29, 1.82) is 0 Å². The first-order valence-electron chi connectivity index (χ1n) is 7.90. The van der Waals surface area contributed by atoms with Crippen molar-refractivity contribution in [1.82, 2.24) is 5.32 Å². The molecule has 1 aromatic carbocycles. The highest BCUT2D eigenvalue weighted by atomic mass is 35.5. The molecule has 0 bridgehead atoms. The maximum absolute atomic E-state index is 12.6. The van der Waals surface area contributed by atoms with Gasteiger partial charge in [-0.05, 0) is 42.9 Å². The summed E-state index contributed by atoms with van der Waals surface area (Å²) in [6.45, 7) is 0. The molecule has 0 radical (unpaired) electrons. The number of ether oxygens (including phenoxy) is 1. The Labute approximate surface area is 138 Å². The molecule has 122 valence electrons. The number of hydrogen-bond donors (Lipinski definition) is 2. The minimum Gasteiger partial charge on any atom is -0.496 e. The number of amides is 1. The Hall–Kier alpha value is -1.26. The summed E-state index contributed by atoms with van der Waals surface area (Å²) in [6.07, 6.45) is 6.78. The zero-order chi connectivity index (χ0) is 14.9. The third-order valence-electron chi connectivity index (χ3n) is 4.95. The van der Waals surface area contributed by atoms with Gasteiger partial charge in [-0.15, -0.1) is 12.4 Å². The number of carbonyl (C=O) groups excluding carboxylic acids is 1. The topological polar surface area (TPSA) is 64.3 Å². The van der Waals surface area contributed by atoms with Crippen molar-refractivity contribution < 1.29 is 9.53 Å². The fraction of sp³-hybridized carbons (Fsp3) is 0.588. The summed E-state index contributed by atoms with van der Waals surface area (Å²) >= 11 is 0. The van der Waals surface area contributed by atoms with E-state index in [1.54, 1.807) is 7.11 Å². The quantitative estimate of drug-likeness (QED) is 0.898. The molecule has 22 heavy (non-hydrogen) atoms. The lowest BCUT2D eigenvalue weighted by Gasteiger charge is -2.33. The first-order valence-corrected chi connectivity index (χ1v) is 7.90. The molecule has 1 aromatic rings. The maximum Gasteiger partial charge on any atom is 0.240 e. The summed E-state index contributed by atoms with van der Waals surface area (Å²) in [5, 5.41) is 3.18. The number of fused-ring (bicyclic) bond motifs is 1. The van der Waals surface area contributed by atoms with Crippen LogP contribution in [0.4, 0.5) is 0 Å². The molecule has 0 saturated heterocycles. The normalized spacial score (nSPS) is 22.4. The lowest BCUT2D eigenvalue weighted by atomic mass is 9.81. The number of rotatable bonds is 3. The molecule has 4 nitrogen and oxygen atoms in total. The highest BCUT2D eigenvalue weighted by molar-refractivity contribution is 5.86. The molecule has 5 heteroatoms. The molecule has 2 aliphatic rings. The van der Waals surface area contributed by atoms with Crippen LogP contribution in [0.1, 0.15) is 55.7 Å². The Kier molecular flexibility index (Phi) is 5.35. The number of carbonyl (C=O) groups is 1. The molecule has 1 amide bonds. The fourth-order valence-electron chi connectivity index (χ4n) is 3.67. The van der Waals surface area contributed by atoms with Gasteiger partial charge in [0.1, 0.15) is 5.75 Å². The highest BCUT2D eigenvalue weighted by Gasteiger charge is 2.37. The van der Waals surface area contributed by atoms with Crippen LogP contribution in [-0.2, 0) is 11.2 Å². The molecule has 1 unspecified atom stereocenters. The Bertz CT molecular complexity index is 541. The zero-order valence-corrected chi connectivity index (χ0v) is 13.9. The maximum atomic E-state index is 12.6. The number of benzene rings is 1. The zero-order valence-electron chi connectivity index (χ0n) is 13.1. The van der Waals surface area contributed by atoms with Crippen LogP contribution >= 0.6 is 12.4 Å². The van der Waals surface area contributed by atoms with E-state index in [1.807, 2.05) is 12.1 Å². The second-order valence-electron chi connectivity index (χ2n) is 6.31. The van der Waals surface area contributed by atoms with Crippen LogP contribution < -0.4 is 15.8 Å². The molecule has 0 aromatic heterocycles. The van der Waals surface area contributed by atoms with Crippen molar-refractivity contribution in [3.8, 4) is 5.75 Å². The molecule has 1 saturated carbocycles. The number of methoxy groups -OCH3 is 1. The Balaban J connectivity index is 0.00000176. The van der Waals surface area contributed by atoms with Crippen LogP contribution in [0.2, 0.25) is 0 Å². The van der Waals surface area contributed by atoms with Gasteiger partial charge < -0.3 is 15.8 Å². The number of hydrogen-bond acceptors (Lipinski definition) is 3. The lowest BCUT2D eigenvalue weighted by molar-refractivity contribution is -0.128. The van der Waals surface area contributed by atoms with Gasteiger partial charge >= 0.3 is 0 Å². The van der Waals surface area contributed by atoms with Crippen LogP contribution in [-0.4, -0.2) is 18.6 Å². The van der Waals surface area contributed by atoms with Gasteiger partial charge in [-0.25, -0.2) is 0 Å². The van der Waals surface area contributed by atoms with E-state index in [0.717, 1.165) is 44.3 Å². The van der Waals surface area contributed by atoms with Gasteiger partial charge in [-0.3, -0.25) is 4.79 Å². The first kappa shape index (κ1) is 17.1. The van der Waals surface area contributed by atoms with Crippen molar-refractivity contribution >= 4 is 18.3 Å². The molecule has 2 aliphatic carbocycles. The Morgan fingerprint density at radius 3 is 2.73 bits per heavy atom. The van der Waals surface area contributed by atoms with E-state index in [1.165, 1.54) is 17.5 Å². The summed E-state index contributed by atoms with van der Waals surface area (Å²) in [6, 6.07) is 6.13. The van der Waals surface area contributed by atoms with E-state index in [9.17, 15) is 4.79 Å². The average molecular weight is 325 g/mol. The third-order valence-corrected chi connectivity index (χ3v) is 4.95. The fourth-order valence-corrected chi connectivity index (χ4v) is 3.67. The summed E-state index contributed by atoms with van der Waals surface area (Å²) < 4.78 is 5.41. The van der Waals surface area contributed by atoms with Crippen molar-refractivity contribution in [2.45, 2.75) is 56.5 Å². The largest absolute Gasteiger partial charge is 0.496 e. The molecule has 0 spiro atoms. The van der Waals surface area contributed by atoms with Gasteiger partial charge in [0.25, 0.3) is 0 Å². The number of nitrogens with two attached hydrogens (primary N) is 1. The molecular formula is C17H25ClN2O2. The average Bonchev–Trinajstić information content (AvgIpc) is 2.91. The smallest absolute Gasteiger partial charge is 0.240 e. The van der Waals surface area contributed by atoms with Gasteiger partial charge in [0.05, 0.1) is 18.7 Å². The first-order chi connectivity index (χ1) is 10.1. The predicted molar refractivity (Wildman–Crippen MR) is 89.5 cm³/mol. The van der Waals surface area contributed by atoms with E-state index < -0.39 is 5.54 Å². The van der Waals surface area contributed by atoms with E-state index in [0.29, 0.717) is 0 Å². The van der Waals surface area contributed by atoms with Crippen molar-refractivity contribution in [2.24, 2.45) is 5.73 Å². The Morgan fingerprint density at radius 1 is 1.32 bits per heavy atom. The van der Waals surface area contributed by atoms with Gasteiger partial charge in [0, 0.05) is 0 Å². The minimum absolute atomic E-state index is 0. The standard InChI is InChI=1S/C17H24N2O2.ClH/c1-21-15-7-5-6-12-13(15)8-9-14(12)19-16(20)17(18)10-3-2-4-11-17;/h5-7,14H,2-4,8-11,18H2,1H3,(H,19,20);1H. The van der Waals surface area contributed by atoms with Gasteiger partial charge in [0.15, 0.2) is 0 Å². The lowest BCUT2D eigenvalue weighted by Crippen LogP contribution is -2.55. The van der Waals surface area contributed by atoms with Gasteiger partial charge in [-0.2, -0.15) is 0 Å². The molecule has 3 rings (SSSR count). The van der Waals surface area contributed by atoms with Crippen LogP contribution in [0.3, 0.4) is 0 Å². The molecule has 3 N–H and O–H groups in total. The molecule has 0 heterocycles. The van der Waals surface area contributed by atoms with Gasteiger partial charge in [0.2, 0.25) is 5.91 Å². The van der Waals surface area contributed by atoms with E-state index in [-0.39, 0.29) is 24.4 Å². The van der Waals surface area contributed by atoms with E-state index in [2.05, 4.69) is 11.4 Å². The molecule has 1 fully saturated rings. The van der Waals surface area contributed by atoms with Crippen LogP contribution in [0, 0.1) is 0 Å². The molecule has 1 atom stereocenters. The van der Waals surface area contributed by atoms with Crippen molar-refractivity contribution in [3.05, 3.63) is 29.3 Å². The second-order valence-corrected chi connectivity index (χ2v) is 6.31. The van der Waals surface area contributed by atoms with E-state index >= 15 is 0 Å². The summed E-state index contributed by atoms with van der Waals surface area (Å²) in [5.41, 5.74) is 8.06. The number of halogens is 1. The van der Waals surface area contributed by atoms with Crippen molar-refractivity contribution in [2.75, 3.05) is 7.11 Å². The minimum atomic E-state index is -0.667. The SMILES string of the molecule is COc1cccc2c1CCC2NC(=O)C1(N)CCCCC1.Cl. The summed E-state index contributed by atoms with van der Waals surface area (Å²) in [5.74, 6) is 0.937. The van der Waals surface area contributed by atoms with Crippen LogP contribution in [0.25, 0.3) is 0 Å². The second kappa shape index (κ2) is 6.88. The van der Waals surface area contributed by atoms with Crippen LogP contribution in [0.5, 0.6) is 5.75 Å². The van der Waals surface area contributed by atoms with Crippen LogP contribution in [0.15, 0.2) is 18.2 Å². The molecular weight excluding hydrogens is 300 g/mol. The third kappa shape index (κ3) is 3.08. The van der Waals surface area contributed by atoms with E-state index in [4.69, 9.17) is 10.5 Å². The van der Waals surface area contributed by atoms with Crippen molar-refractivity contribution in [3.63, 3.8) is 0 Å². The predicted octanol–water partition coefficient (Wildman–Crippen LogP) is 2.88. The summed E-state index contributed by atoms with van der Waals surface area (Å²) in [4.78, 5) is 12.6. The summed E-state index contributed by atoms with van der Waals surface area (Å²) in [7, 11) is 1.69. The van der Waals surface area contributed by atoms with Gasteiger partial charge in [-0.1, -0.05) is 31.4 Å². The molecule has 0 aliphatic heterocycles. The Morgan fingerprint density at radius 2 is 2.05 bits per heavy atom.